The van der Waals surface area contributed by atoms with Gasteiger partial charge in [-0.25, -0.2) is 0 Å². The fourth-order valence-corrected chi connectivity index (χ4v) is 12.5. The van der Waals surface area contributed by atoms with Crippen LogP contribution in [0.4, 0.5) is 11.6 Å². The van der Waals surface area contributed by atoms with Gasteiger partial charge in [0, 0.05) is 60.6 Å². The van der Waals surface area contributed by atoms with Gasteiger partial charge in [0.1, 0.15) is 0 Å². The molecule has 72 heavy (non-hydrogen) atoms. The Balaban J connectivity index is 1.03. The van der Waals surface area contributed by atoms with E-state index in [1.165, 1.54) is 54.5 Å². The van der Waals surface area contributed by atoms with Gasteiger partial charge in [0.15, 0.2) is 5.82 Å². The molecule has 0 saturated carbocycles. The van der Waals surface area contributed by atoms with E-state index in [1.54, 1.807) is 0 Å². The summed E-state index contributed by atoms with van der Waals surface area (Å²) in [5.74, 6) is 1.78. The Bertz CT molecular complexity index is 4580. The van der Waals surface area contributed by atoms with Gasteiger partial charge in [0.25, 0.3) is 0 Å². The highest BCUT2D eigenvalue weighted by Crippen LogP contribution is 2.59. The molecule has 14 aromatic rings. The maximum Gasteiger partial charge on any atom is 0.240 e. The van der Waals surface area contributed by atoms with Gasteiger partial charge in [0.2, 0.25) is 11.9 Å². The minimum atomic E-state index is -0.138. The normalized spacial score (nSPS) is 15.1. The van der Waals surface area contributed by atoms with E-state index < -0.39 is 0 Å². The van der Waals surface area contributed by atoms with Crippen molar-refractivity contribution in [2.45, 2.75) is 12.0 Å². The van der Waals surface area contributed by atoms with E-state index >= 15 is 0 Å². The molecule has 5 heterocycles. The van der Waals surface area contributed by atoms with Crippen LogP contribution in [0.3, 0.4) is 0 Å². The van der Waals surface area contributed by atoms with Crippen LogP contribution in [0.25, 0.3) is 111 Å². The van der Waals surface area contributed by atoms with Crippen molar-refractivity contribution in [2.75, 3.05) is 4.90 Å². The Labute approximate surface area is 413 Å². The third-order valence-corrected chi connectivity index (χ3v) is 15.4. The topological polar surface area (TPSA) is 56.7 Å². The molecule has 7 nitrogen and oxygen atoms in total. The second-order valence-electron chi connectivity index (χ2n) is 19.1. The van der Waals surface area contributed by atoms with E-state index in [0.717, 1.165) is 61.0 Å². The molecule has 0 fully saturated rings. The predicted molar refractivity (Wildman–Crippen MR) is 295 cm³/mol. The summed E-state index contributed by atoms with van der Waals surface area (Å²) in [5.41, 5.74) is 14.6. The quantitative estimate of drug-likeness (QED) is 0.173. The van der Waals surface area contributed by atoms with Crippen LogP contribution >= 0.6 is 0 Å². The second-order valence-corrected chi connectivity index (χ2v) is 19.1. The second kappa shape index (κ2) is 15.0. The summed E-state index contributed by atoms with van der Waals surface area (Å²) in [4.78, 5) is 19.4. The molecule has 1 aliphatic carbocycles. The summed E-state index contributed by atoms with van der Waals surface area (Å²) in [6, 6.07) is 80.6. The van der Waals surface area contributed by atoms with Crippen molar-refractivity contribution in [3.63, 3.8) is 0 Å². The molecule has 10 aromatic carbocycles. The molecule has 7 heteroatoms. The Kier molecular flexibility index (Phi) is 8.16. The van der Waals surface area contributed by atoms with Gasteiger partial charge in [-0.3, -0.25) is 4.57 Å². The Morgan fingerprint density at radius 3 is 1.75 bits per heavy atom. The molecule has 2 atom stereocenters. The standard InChI is InChI=1S/C65H41N7/c1-4-20-42(21-5-1)63-66-64(71-54-31-17-15-29-51(54)57-56(71)39-36-48-47-28-14-16-30-53(47)69(61(48)57)43-22-6-2-7-23-43)68-65(67-63)72-59-45-26-12-10-18-40(45)32-34-49(59)50-37-38-55-58(62(50)72)52-35-33-41-19-11-13-27-46(41)60(52)70(55)44-24-8-3-9-25-44/h1-39,49,59H. The highest BCUT2D eigenvalue weighted by Gasteiger charge is 2.45. The summed E-state index contributed by atoms with van der Waals surface area (Å²) in [5, 5.41) is 9.44. The summed E-state index contributed by atoms with van der Waals surface area (Å²) in [6.07, 6.45) is 4.70. The van der Waals surface area contributed by atoms with Crippen LogP contribution in [-0.2, 0) is 0 Å². The van der Waals surface area contributed by atoms with E-state index in [0.29, 0.717) is 17.7 Å². The number of fused-ring (bicyclic) bond motifs is 18. The molecule has 0 radical (unpaired) electrons. The van der Waals surface area contributed by atoms with Crippen molar-refractivity contribution in [1.29, 1.82) is 0 Å². The minimum absolute atomic E-state index is 0.0247. The number of para-hydroxylation sites is 4. The van der Waals surface area contributed by atoms with Crippen LogP contribution < -0.4 is 4.90 Å². The maximum atomic E-state index is 5.78. The van der Waals surface area contributed by atoms with E-state index in [2.05, 4.69) is 249 Å². The van der Waals surface area contributed by atoms with Crippen molar-refractivity contribution in [1.82, 2.24) is 28.7 Å². The van der Waals surface area contributed by atoms with Crippen LogP contribution in [0.1, 0.15) is 28.7 Å². The monoisotopic (exact) mass is 919 g/mol. The average Bonchev–Trinajstić information content (AvgIpc) is 4.19. The molecule has 336 valence electrons. The highest BCUT2D eigenvalue weighted by molar-refractivity contribution is 6.26. The van der Waals surface area contributed by atoms with Crippen LogP contribution in [0.15, 0.2) is 231 Å². The van der Waals surface area contributed by atoms with E-state index in [-0.39, 0.29) is 12.0 Å². The Morgan fingerprint density at radius 2 is 0.958 bits per heavy atom. The Hall–Kier alpha value is -9.59. The third kappa shape index (κ3) is 5.42. The van der Waals surface area contributed by atoms with Crippen molar-refractivity contribution in [3.8, 4) is 28.7 Å². The number of aromatic nitrogens is 6. The predicted octanol–water partition coefficient (Wildman–Crippen LogP) is 16.0. The van der Waals surface area contributed by atoms with Crippen molar-refractivity contribution in [3.05, 3.63) is 247 Å². The maximum absolute atomic E-state index is 5.78. The first kappa shape index (κ1) is 39.3. The van der Waals surface area contributed by atoms with E-state index in [1.807, 2.05) is 6.07 Å². The summed E-state index contributed by atoms with van der Waals surface area (Å²) >= 11 is 0. The lowest BCUT2D eigenvalue weighted by molar-refractivity contribution is 0.654. The molecular formula is C65H41N7. The zero-order valence-corrected chi connectivity index (χ0v) is 38.8. The number of anilines is 2. The highest BCUT2D eigenvalue weighted by atomic mass is 15.3. The van der Waals surface area contributed by atoms with Gasteiger partial charge in [0.05, 0.1) is 44.8 Å². The largest absolute Gasteiger partial charge is 0.309 e. The summed E-state index contributed by atoms with van der Waals surface area (Å²) in [7, 11) is 0. The van der Waals surface area contributed by atoms with Crippen molar-refractivity contribution >= 4 is 93.9 Å². The Morgan fingerprint density at radius 1 is 0.361 bits per heavy atom. The molecule has 0 spiro atoms. The van der Waals surface area contributed by atoms with Crippen LogP contribution in [0, 0.1) is 0 Å². The molecule has 0 saturated heterocycles. The van der Waals surface area contributed by atoms with Crippen molar-refractivity contribution in [2.24, 2.45) is 0 Å². The minimum Gasteiger partial charge on any atom is -0.309 e. The van der Waals surface area contributed by atoms with Gasteiger partial charge in [-0.1, -0.05) is 188 Å². The third-order valence-electron chi connectivity index (χ3n) is 15.4. The van der Waals surface area contributed by atoms with Gasteiger partial charge in [-0.2, -0.15) is 15.0 Å². The van der Waals surface area contributed by atoms with Crippen LogP contribution in [0.2, 0.25) is 0 Å². The number of rotatable bonds is 5. The summed E-state index contributed by atoms with van der Waals surface area (Å²) in [6.45, 7) is 0. The molecule has 2 aliphatic rings. The van der Waals surface area contributed by atoms with E-state index in [9.17, 15) is 0 Å². The molecule has 0 amide bonds. The van der Waals surface area contributed by atoms with E-state index in [4.69, 9.17) is 15.0 Å². The lowest BCUT2D eigenvalue weighted by atomic mass is 9.83. The number of benzene rings is 10. The lowest BCUT2D eigenvalue weighted by Gasteiger charge is -2.32. The number of nitrogens with zero attached hydrogens (tertiary/aromatic N) is 7. The zero-order chi connectivity index (χ0) is 47.0. The van der Waals surface area contributed by atoms with Gasteiger partial charge >= 0.3 is 0 Å². The van der Waals surface area contributed by atoms with Gasteiger partial charge < -0.3 is 14.0 Å². The fourth-order valence-electron chi connectivity index (χ4n) is 12.5. The number of hydrogen-bond acceptors (Lipinski definition) is 4. The molecule has 4 aromatic heterocycles. The molecule has 2 unspecified atom stereocenters. The van der Waals surface area contributed by atoms with Crippen LogP contribution in [0.5, 0.6) is 0 Å². The molecular weight excluding hydrogens is 879 g/mol. The number of hydrogen-bond donors (Lipinski definition) is 0. The zero-order valence-electron chi connectivity index (χ0n) is 38.8. The van der Waals surface area contributed by atoms with Crippen LogP contribution in [-0.4, -0.2) is 28.7 Å². The fraction of sp³-hybridized carbons (Fsp3) is 0.0308. The first-order valence-corrected chi connectivity index (χ1v) is 24.7. The molecule has 0 N–H and O–H groups in total. The lowest BCUT2D eigenvalue weighted by Crippen LogP contribution is -2.26. The van der Waals surface area contributed by atoms with Gasteiger partial charge in [-0.15, -0.1) is 0 Å². The summed E-state index contributed by atoms with van der Waals surface area (Å²) < 4.78 is 7.15. The molecule has 0 bridgehead atoms. The first-order valence-electron chi connectivity index (χ1n) is 24.7. The molecule has 1 aliphatic heterocycles. The van der Waals surface area contributed by atoms with Gasteiger partial charge in [-0.05, 0) is 70.6 Å². The first-order chi connectivity index (χ1) is 35.8. The smallest absolute Gasteiger partial charge is 0.240 e. The average molecular weight is 920 g/mol. The van der Waals surface area contributed by atoms with Crippen molar-refractivity contribution < 1.29 is 0 Å². The SMILES string of the molecule is C1=CC2c3ccc4c(c3N(c3nc(-c5ccccc5)nc(-n5c6ccccc6c6c5ccc5c7ccccc7n(-c7ccccc7)c56)n3)C2c2ccccc21)c1ccc2ccccc2c1n4-c1ccccc1. The molecule has 16 rings (SSSR count).